The van der Waals surface area contributed by atoms with Crippen LogP contribution in [-0.2, 0) is 14.3 Å². The molecule has 244 valence electrons. The minimum atomic E-state index is -0.842. The number of hydrogen-bond donors (Lipinski definition) is 0. The zero-order chi connectivity index (χ0) is 34.1. The SMILES string of the molecule is COC(=O)c1ccc(C2C(C(=O)OC(C)C)=C(C)N=c3sc(=Cc4cn(-c5ccccc5)nc4-c4ccc(OC)c(Br)c4)c(=O)n32)cc1. The standard InChI is InChI=1S/C36H31BrN4O6S/c1-20(2)47-35(44)30-21(3)38-36-41(32(30)22-11-13-23(14-12-22)34(43)46-5)33(42)29(48-36)18-25-19-40(26-9-7-6-8-10-26)39-31(25)24-15-16-28(45-4)27(37)17-24/h6-20,32H,1-5H3. The second-order valence-electron chi connectivity index (χ2n) is 11.2. The minimum absolute atomic E-state index is 0.245. The summed E-state index contributed by atoms with van der Waals surface area (Å²) < 4.78 is 20.3. The molecule has 0 saturated carbocycles. The molecule has 1 atom stereocenters. The van der Waals surface area contributed by atoms with Gasteiger partial charge >= 0.3 is 11.9 Å². The maximum atomic E-state index is 14.4. The summed E-state index contributed by atoms with van der Waals surface area (Å²) >= 11 is 4.80. The lowest BCUT2D eigenvalue weighted by atomic mass is 9.95. The molecule has 0 saturated heterocycles. The molecule has 1 aliphatic rings. The summed E-state index contributed by atoms with van der Waals surface area (Å²) in [5.41, 5.74) is 4.33. The van der Waals surface area contributed by atoms with Crippen LogP contribution in [0.15, 0.2) is 105 Å². The summed E-state index contributed by atoms with van der Waals surface area (Å²) in [6.45, 7) is 5.25. The molecule has 1 aliphatic heterocycles. The van der Waals surface area contributed by atoms with Gasteiger partial charge in [-0.05, 0) is 90.8 Å². The zero-order valence-electron chi connectivity index (χ0n) is 26.8. The van der Waals surface area contributed by atoms with Gasteiger partial charge in [-0.2, -0.15) is 5.10 Å². The van der Waals surface area contributed by atoms with Crippen molar-refractivity contribution in [3.63, 3.8) is 0 Å². The second kappa shape index (κ2) is 13.6. The summed E-state index contributed by atoms with van der Waals surface area (Å²) in [5.74, 6) is -0.385. The van der Waals surface area contributed by atoms with Gasteiger partial charge in [0.25, 0.3) is 5.56 Å². The highest BCUT2D eigenvalue weighted by atomic mass is 79.9. The fourth-order valence-electron chi connectivity index (χ4n) is 5.48. The molecule has 0 fully saturated rings. The Morgan fingerprint density at radius 1 is 1.00 bits per heavy atom. The molecule has 2 aromatic heterocycles. The number of para-hydroxylation sites is 1. The van der Waals surface area contributed by atoms with E-state index in [1.54, 1.807) is 62.9 Å². The number of nitrogens with zero attached hydrogens (tertiary/aromatic N) is 4. The lowest BCUT2D eigenvalue weighted by Gasteiger charge is -2.25. The summed E-state index contributed by atoms with van der Waals surface area (Å²) in [4.78, 5) is 45.1. The predicted octanol–water partition coefficient (Wildman–Crippen LogP) is 5.60. The molecular weight excluding hydrogens is 696 g/mol. The first-order valence-electron chi connectivity index (χ1n) is 15.0. The van der Waals surface area contributed by atoms with E-state index in [0.29, 0.717) is 43.2 Å². The van der Waals surface area contributed by atoms with Crippen molar-refractivity contribution < 1.29 is 23.8 Å². The number of carbonyl (C=O) groups is 2. The van der Waals surface area contributed by atoms with Crippen molar-refractivity contribution in [1.82, 2.24) is 14.3 Å². The molecule has 3 heterocycles. The third-order valence-corrected chi connectivity index (χ3v) is 9.31. The largest absolute Gasteiger partial charge is 0.496 e. The van der Waals surface area contributed by atoms with Crippen LogP contribution in [0.4, 0.5) is 0 Å². The van der Waals surface area contributed by atoms with Crippen LogP contribution < -0.4 is 19.6 Å². The Morgan fingerprint density at radius 2 is 1.73 bits per heavy atom. The number of ether oxygens (including phenoxy) is 3. The molecule has 3 aromatic carbocycles. The number of aromatic nitrogens is 3. The first-order chi connectivity index (χ1) is 23.1. The Labute approximate surface area is 288 Å². The number of methoxy groups -OCH3 is 2. The van der Waals surface area contributed by atoms with Gasteiger partial charge in [0.1, 0.15) is 11.4 Å². The van der Waals surface area contributed by atoms with Crippen molar-refractivity contribution in [2.24, 2.45) is 4.99 Å². The van der Waals surface area contributed by atoms with E-state index < -0.39 is 18.0 Å². The van der Waals surface area contributed by atoms with E-state index in [2.05, 4.69) is 15.9 Å². The van der Waals surface area contributed by atoms with Crippen molar-refractivity contribution in [2.75, 3.05) is 14.2 Å². The first kappa shape index (κ1) is 32.9. The van der Waals surface area contributed by atoms with Crippen LogP contribution in [0.2, 0.25) is 0 Å². The lowest BCUT2D eigenvalue weighted by Crippen LogP contribution is -2.40. The van der Waals surface area contributed by atoms with Gasteiger partial charge in [-0.3, -0.25) is 9.36 Å². The number of halogens is 1. The van der Waals surface area contributed by atoms with Crippen LogP contribution in [0, 0.1) is 0 Å². The van der Waals surface area contributed by atoms with E-state index in [1.165, 1.54) is 23.0 Å². The van der Waals surface area contributed by atoms with Gasteiger partial charge in [-0.15, -0.1) is 0 Å². The summed E-state index contributed by atoms with van der Waals surface area (Å²) in [6.07, 6.45) is 3.29. The third kappa shape index (κ3) is 6.28. The Morgan fingerprint density at radius 3 is 2.38 bits per heavy atom. The number of allylic oxidation sites excluding steroid dienone is 1. The number of fused-ring (bicyclic) bond motifs is 1. The van der Waals surface area contributed by atoms with Crippen LogP contribution in [-0.4, -0.2) is 46.6 Å². The molecule has 5 aromatic rings. The first-order valence-corrected chi connectivity index (χ1v) is 16.6. The molecule has 12 heteroatoms. The summed E-state index contributed by atoms with van der Waals surface area (Å²) in [5, 5.41) is 4.91. The Hall–Kier alpha value is -5.07. The van der Waals surface area contributed by atoms with Crippen molar-refractivity contribution in [3.8, 4) is 22.7 Å². The fourth-order valence-corrected chi connectivity index (χ4v) is 7.06. The number of benzene rings is 3. The monoisotopic (exact) mass is 726 g/mol. The van der Waals surface area contributed by atoms with Gasteiger partial charge in [0.05, 0.1) is 57.9 Å². The van der Waals surface area contributed by atoms with Crippen molar-refractivity contribution >= 4 is 45.3 Å². The van der Waals surface area contributed by atoms with Crippen LogP contribution in [0.3, 0.4) is 0 Å². The van der Waals surface area contributed by atoms with Crippen molar-refractivity contribution in [3.05, 3.63) is 131 Å². The van der Waals surface area contributed by atoms with Crippen LogP contribution in [0.25, 0.3) is 23.0 Å². The van der Waals surface area contributed by atoms with Gasteiger partial charge in [0.2, 0.25) is 0 Å². The predicted molar refractivity (Wildman–Crippen MR) is 186 cm³/mol. The number of carbonyl (C=O) groups excluding carboxylic acids is 2. The molecule has 48 heavy (non-hydrogen) atoms. The fraction of sp³-hybridized carbons (Fsp3) is 0.194. The number of hydrogen-bond acceptors (Lipinski definition) is 9. The van der Waals surface area contributed by atoms with Gasteiger partial charge in [-0.1, -0.05) is 41.7 Å². The molecule has 10 nitrogen and oxygen atoms in total. The van der Waals surface area contributed by atoms with E-state index >= 15 is 0 Å². The van der Waals surface area contributed by atoms with Gasteiger partial charge in [-0.25, -0.2) is 19.3 Å². The molecule has 0 spiro atoms. The normalized spacial score (nSPS) is 14.5. The zero-order valence-corrected chi connectivity index (χ0v) is 29.2. The summed E-state index contributed by atoms with van der Waals surface area (Å²) in [7, 11) is 2.91. The molecule has 0 bridgehead atoms. The maximum Gasteiger partial charge on any atom is 0.338 e. The topological polar surface area (TPSA) is 114 Å². The van der Waals surface area contributed by atoms with Gasteiger partial charge in [0.15, 0.2) is 4.80 Å². The van der Waals surface area contributed by atoms with Crippen LogP contribution >= 0.6 is 27.3 Å². The molecular formula is C36H31BrN4O6S. The summed E-state index contributed by atoms with van der Waals surface area (Å²) in [6, 6.07) is 21.2. The third-order valence-electron chi connectivity index (χ3n) is 7.71. The Kier molecular flexibility index (Phi) is 9.29. The molecule has 0 aliphatic carbocycles. The van der Waals surface area contributed by atoms with Crippen molar-refractivity contribution in [1.29, 1.82) is 0 Å². The minimum Gasteiger partial charge on any atom is -0.496 e. The average molecular weight is 728 g/mol. The van der Waals surface area contributed by atoms with E-state index in [1.807, 2.05) is 54.7 Å². The van der Waals surface area contributed by atoms with E-state index in [0.717, 1.165) is 15.7 Å². The Bertz CT molecular complexity index is 2250. The highest BCUT2D eigenvalue weighted by Gasteiger charge is 2.34. The van der Waals surface area contributed by atoms with E-state index in [-0.39, 0.29) is 17.2 Å². The highest BCUT2D eigenvalue weighted by Crippen LogP contribution is 2.33. The smallest absolute Gasteiger partial charge is 0.338 e. The maximum absolute atomic E-state index is 14.4. The number of thiazole rings is 1. The average Bonchev–Trinajstić information content (AvgIpc) is 3.64. The molecule has 6 rings (SSSR count). The molecule has 0 N–H and O–H groups in total. The van der Waals surface area contributed by atoms with Gasteiger partial charge < -0.3 is 14.2 Å². The van der Waals surface area contributed by atoms with Crippen molar-refractivity contribution in [2.45, 2.75) is 32.9 Å². The van der Waals surface area contributed by atoms with Crippen LogP contribution in [0.5, 0.6) is 5.75 Å². The van der Waals surface area contributed by atoms with Gasteiger partial charge in [0, 0.05) is 17.3 Å². The number of esters is 2. The highest BCUT2D eigenvalue weighted by molar-refractivity contribution is 9.10. The second-order valence-corrected chi connectivity index (χ2v) is 13.1. The molecule has 1 unspecified atom stereocenters. The quantitative estimate of drug-likeness (QED) is 0.192. The lowest BCUT2D eigenvalue weighted by molar-refractivity contribution is -0.143. The van der Waals surface area contributed by atoms with Crippen LogP contribution in [0.1, 0.15) is 48.3 Å². The molecule has 0 amide bonds. The Balaban J connectivity index is 1.55. The van der Waals surface area contributed by atoms with E-state index in [4.69, 9.17) is 24.3 Å². The molecule has 0 radical (unpaired) electrons. The number of rotatable bonds is 8. The van der Waals surface area contributed by atoms with E-state index in [9.17, 15) is 14.4 Å².